The Morgan fingerprint density at radius 1 is 1.42 bits per heavy atom. The molecule has 0 radical (unpaired) electrons. The molecule has 0 aliphatic carbocycles. The normalized spacial score (nSPS) is 10.2. The Morgan fingerprint density at radius 2 is 2.16 bits per heavy atom. The number of carbonyl (C=O) groups is 2. The van der Waals surface area contributed by atoms with E-state index in [1.54, 1.807) is 25.1 Å². The smallest absolute Gasteiger partial charge is 0.346 e. The van der Waals surface area contributed by atoms with E-state index in [-0.39, 0.29) is 10.8 Å². The van der Waals surface area contributed by atoms with E-state index in [4.69, 9.17) is 5.11 Å². The van der Waals surface area contributed by atoms with Gasteiger partial charge in [0.2, 0.25) is 0 Å². The number of anilines is 1. The average molecular weight is 341 g/mol. The van der Waals surface area contributed by atoms with Crippen LogP contribution in [0.5, 0.6) is 0 Å². The number of thiophene rings is 1. The first-order valence-electron chi connectivity index (χ1n) is 5.24. The highest BCUT2D eigenvalue weighted by atomic mass is 79.9. The fourth-order valence-corrected chi connectivity index (χ4v) is 2.76. The van der Waals surface area contributed by atoms with Crippen molar-refractivity contribution >= 4 is 44.1 Å². The highest BCUT2D eigenvalue weighted by Gasteiger charge is 2.14. The SMILES string of the molecule is Cc1cc(NC(=O)c2ccnc(Br)c2)sc1C(=O)O. The molecule has 98 valence electrons. The van der Waals surface area contributed by atoms with Crippen molar-refractivity contribution < 1.29 is 14.7 Å². The summed E-state index contributed by atoms with van der Waals surface area (Å²) in [5.41, 5.74) is 1.08. The van der Waals surface area contributed by atoms with Crippen LogP contribution >= 0.6 is 27.3 Å². The van der Waals surface area contributed by atoms with Crippen molar-refractivity contribution in [1.29, 1.82) is 0 Å². The van der Waals surface area contributed by atoms with Gasteiger partial charge >= 0.3 is 5.97 Å². The fraction of sp³-hybridized carbons (Fsp3) is 0.0833. The van der Waals surface area contributed by atoms with Crippen LogP contribution in [0, 0.1) is 6.92 Å². The summed E-state index contributed by atoms with van der Waals surface area (Å²) in [6.45, 7) is 1.69. The number of nitrogens with zero attached hydrogens (tertiary/aromatic N) is 1. The van der Waals surface area contributed by atoms with Crippen LogP contribution < -0.4 is 5.32 Å². The molecule has 19 heavy (non-hydrogen) atoms. The molecule has 1 amide bonds. The van der Waals surface area contributed by atoms with Crippen LogP contribution in [-0.2, 0) is 0 Å². The van der Waals surface area contributed by atoms with Gasteiger partial charge in [0, 0.05) is 11.8 Å². The van der Waals surface area contributed by atoms with E-state index in [0.717, 1.165) is 11.3 Å². The minimum absolute atomic E-state index is 0.228. The van der Waals surface area contributed by atoms with Gasteiger partial charge in [0.1, 0.15) is 9.48 Å². The zero-order valence-electron chi connectivity index (χ0n) is 9.81. The van der Waals surface area contributed by atoms with E-state index in [9.17, 15) is 9.59 Å². The second-order valence-electron chi connectivity index (χ2n) is 3.75. The largest absolute Gasteiger partial charge is 0.477 e. The standard InChI is InChI=1S/C12H9BrN2O3S/c1-6-4-9(19-10(6)12(17)18)15-11(16)7-2-3-14-8(13)5-7/h2-5H,1H3,(H,15,16)(H,17,18). The Morgan fingerprint density at radius 3 is 2.74 bits per heavy atom. The summed E-state index contributed by atoms with van der Waals surface area (Å²) in [7, 11) is 0. The highest BCUT2D eigenvalue weighted by molar-refractivity contribution is 9.10. The van der Waals surface area contributed by atoms with Gasteiger partial charge < -0.3 is 10.4 Å². The van der Waals surface area contributed by atoms with Gasteiger partial charge in [0.15, 0.2) is 0 Å². The van der Waals surface area contributed by atoms with Crippen molar-refractivity contribution in [3.05, 3.63) is 45.0 Å². The molecule has 0 fully saturated rings. The number of carbonyl (C=O) groups excluding carboxylic acids is 1. The van der Waals surface area contributed by atoms with Gasteiger partial charge in [-0.2, -0.15) is 0 Å². The van der Waals surface area contributed by atoms with Gasteiger partial charge in [-0.1, -0.05) is 0 Å². The van der Waals surface area contributed by atoms with Gasteiger partial charge in [-0.25, -0.2) is 9.78 Å². The van der Waals surface area contributed by atoms with Crippen LogP contribution in [-0.4, -0.2) is 22.0 Å². The number of carboxylic acids is 1. The summed E-state index contributed by atoms with van der Waals surface area (Å²) in [6, 6.07) is 4.81. The second kappa shape index (κ2) is 5.50. The minimum atomic E-state index is -0.991. The molecule has 2 aromatic heterocycles. The molecule has 0 bridgehead atoms. The molecule has 0 aliphatic heterocycles. The molecule has 0 saturated heterocycles. The molecule has 0 saturated carbocycles. The molecule has 2 rings (SSSR count). The predicted octanol–water partition coefficient (Wildman–Crippen LogP) is 3.16. The number of aryl methyl sites for hydroxylation is 1. The highest BCUT2D eigenvalue weighted by Crippen LogP contribution is 2.27. The average Bonchev–Trinajstić information content (AvgIpc) is 2.70. The Hall–Kier alpha value is -1.73. The quantitative estimate of drug-likeness (QED) is 0.841. The lowest BCUT2D eigenvalue weighted by Gasteiger charge is -2.02. The first-order chi connectivity index (χ1) is 8.97. The number of aromatic nitrogens is 1. The molecule has 2 N–H and O–H groups in total. The third-order valence-corrected chi connectivity index (χ3v) is 3.91. The fourth-order valence-electron chi connectivity index (χ4n) is 1.48. The number of rotatable bonds is 3. The molecule has 5 nitrogen and oxygen atoms in total. The van der Waals surface area contributed by atoms with E-state index in [2.05, 4.69) is 26.2 Å². The van der Waals surface area contributed by atoms with Crippen molar-refractivity contribution in [2.45, 2.75) is 6.92 Å². The lowest BCUT2D eigenvalue weighted by Crippen LogP contribution is -2.10. The van der Waals surface area contributed by atoms with E-state index in [1.165, 1.54) is 6.20 Å². The number of nitrogens with one attached hydrogen (secondary N) is 1. The van der Waals surface area contributed by atoms with Gasteiger partial charge in [-0.05, 0) is 46.6 Å². The zero-order chi connectivity index (χ0) is 14.0. The lowest BCUT2D eigenvalue weighted by molar-refractivity contribution is 0.0701. The van der Waals surface area contributed by atoms with Crippen molar-refractivity contribution in [2.24, 2.45) is 0 Å². The van der Waals surface area contributed by atoms with E-state index in [1.807, 2.05) is 0 Å². The zero-order valence-corrected chi connectivity index (χ0v) is 12.2. The number of amides is 1. The van der Waals surface area contributed by atoms with Crippen molar-refractivity contribution in [2.75, 3.05) is 5.32 Å². The molecule has 0 aliphatic rings. The first-order valence-corrected chi connectivity index (χ1v) is 6.85. The Kier molecular flexibility index (Phi) is 3.96. The van der Waals surface area contributed by atoms with Gasteiger partial charge in [-0.15, -0.1) is 11.3 Å². The van der Waals surface area contributed by atoms with E-state index < -0.39 is 5.97 Å². The van der Waals surface area contributed by atoms with Crippen LogP contribution in [0.15, 0.2) is 29.0 Å². The van der Waals surface area contributed by atoms with Crippen LogP contribution in [0.25, 0.3) is 0 Å². The number of aromatic carboxylic acids is 1. The summed E-state index contributed by atoms with van der Waals surface area (Å²) in [6.07, 6.45) is 1.52. The topological polar surface area (TPSA) is 79.3 Å². The molecule has 7 heteroatoms. The van der Waals surface area contributed by atoms with Gasteiger partial charge in [0.05, 0.1) is 5.00 Å². The molecule has 2 heterocycles. The minimum Gasteiger partial charge on any atom is -0.477 e. The Balaban J connectivity index is 2.20. The van der Waals surface area contributed by atoms with Crippen molar-refractivity contribution in [1.82, 2.24) is 4.98 Å². The third-order valence-electron chi connectivity index (χ3n) is 2.34. The predicted molar refractivity (Wildman–Crippen MR) is 75.9 cm³/mol. The monoisotopic (exact) mass is 340 g/mol. The summed E-state index contributed by atoms with van der Waals surface area (Å²) >= 11 is 4.22. The van der Waals surface area contributed by atoms with E-state index in [0.29, 0.717) is 20.7 Å². The second-order valence-corrected chi connectivity index (χ2v) is 5.61. The van der Waals surface area contributed by atoms with E-state index >= 15 is 0 Å². The van der Waals surface area contributed by atoms with Crippen LogP contribution in [0.1, 0.15) is 25.6 Å². The van der Waals surface area contributed by atoms with Crippen LogP contribution in [0.3, 0.4) is 0 Å². The number of hydrogen-bond acceptors (Lipinski definition) is 4. The number of carboxylic acid groups (broad SMARTS) is 1. The molecular weight excluding hydrogens is 332 g/mol. The molecule has 2 aromatic rings. The lowest BCUT2D eigenvalue weighted by atomic mass is 10.2. The molecule has 0 unspecified atom stereocenters. The molecular formula is C12H9BrN2O3S. The number of hydrogen-bond donors (Lipinski definition) is 2. The number of pyridine rings is 1. The summed E-state index contributed by atoms with van der Waals surface area (Å²) in [5, 5.41) is 12.1. The summed E-state index contributed by atoms with van der Waals surface area (Å²) in [5.74, 6) is -1.30. The first kappa shape index (κ1) is 13.7. The third kappa shape index (κ3) is 3.18. The molecule has 0 atom stereocenters. The van der Waals surface area contributed by atoms with Crippen molar-refractivity contribution in [3.63, 3.8) is 0 Å². The number of halogens is 1. The maximum absolute atomic E-state index is 12.0. The van der Waals surface area contributed by atoms with Crippen molar-refractivity contribution in [3.8, 4) is 0 Å². The molecule has 0 aromatic carbocycles. The van der Waals surface area contributed by atoms with Gasteiger partial charge in [0.25, 0.3) is 5.91 Å². The maximum Gasteiger partial charge on any atom is 0.346 e. The summed E-state index contributed by atoms with van der Waals surface area (Å²) < 4.78 is 0.564. The van der Waals surface area contributed by atoms with Crippen LogP contribution in [0.4, 0.5) is 5.00 Å². The maximum atomic E-state index is 12.0. The molecule has 0 spiro atoms. The Bertz CT molecular complexity index is 654. The summed E-state index contributed by atoms with van der Waals surface area (Å²) in [4.78, 5) is 27.0. The van der Waals surface area contributed by atoms with Gasteiger partial charge in [-0.3, -0.25) is 4.79 Å². The van der Waals surface area contributed by atoms with Crippen LogP contribution in [0.2, 0.25) is 0 Å². The Labute approximate surface area is 121 Å².